The van der Waals surface area contributed by atoms with Gasteiger partial charge in [0.15, 0.2) is 5.78 Å². The highest BCUT2D eigenvalue weighted by molar-refractivity contribution is 6.42. The lowest BCUT2D eigenvalue weighted by atomic mass is 9.87. The van der Waals surface area contributed by atoms with Gasteiger partial charge in [0.2, 0.25) is 0 Å². The van der Waals surface area contributed by atoms with Crippen molar-refractivity contribution < 1.29 is 14.5 Å². The molecule has 0 heterocycles. The molecule has 168 valence electrons. The van der Waals surface area contributed by atoms with E-state index >= 15 is 0 Å². The number of ether oxygens (including phenoxy) is 1. The quantitative estimate of drug-likeness (QED) is 0.229. The summed E-state index contributed by atoms with van der Waals surface area (Å²) >= 11 is 24.5. The Morgan fingerprint density at radius 1 is 0.970 bits per heavy atom. The average Bonchev–Trinajstić information content (AvgIpc) is 2.79. The molecule has 10 heteroatoms. The topological polar surface area (TPSA) is 93.2 Å². The summed E-state index contributed by atoms with van der Waals surface area (Å²) in [7, 11) is 0. The second-order valence-electron chi connectivity index (χ2n) is 6.91. The lowest BCUT2D eigenvalue weighted by Crippen LogP contribution is -2.40. The van der Waals surface area contributed by atoms with Crippen molar-refractivity contribution in [1.29, 1.82) is 5.26 Å². The monoisotopic (exact) mass is 522 g/mol. The Hall–Kier alpha value is -2.82. The first-order valence-electron chi connectivity index (χ1n) is 9.44. The molecule has 0 aromatic heterocycles. The number of non-ortho nitro benzene ring substituents is 1. The van der Waals surface area contributed by atoms with E-state index in [1.54, 1.807) is 18.2 Å². The summed E-state index contributed by atoms with van der Waals surface area (Å²) in [5.74, 6) is -0.453. The number of nitro groups is 1. The van der Waals surface area contributed by atoms with E-state index in [4.69, 9.17) is 51.1 Å². The van der Waals surface area contributed by atoms with E-state index in [0.717, 1.165) is 0 Å². The molecule has 1 atom stereocenters. The molecule has 0 bridgehead atoms. The van der Waals surface area contributed by atoms with Crippen LogP contribution >= 0.6 is 46.4 Å². The van der Waals surface area contributed by atoms with Gasteiger partial charge in [0.05, 0.1) is 25.0 Å². The van der Waals surface area contributed by atoms with E-state index in [-0.39, 0.29) is 49.9 Å². The Morgan fingerprint density at radius 2 is 1.70 bits per heavy atom. The summed E-state index contributed by atoms with van der Waals surface area (Å²) in [4.78, 5) is 23.8. The Balaban J connectivity index is 1.98. The molecule has 0 radical (unpaired) electrons. The number of halogens is 4. The fourth-order valence-corrected chi connectivity index (χ4v) is 3.85. The van der Waals surface area contributed by atoms with Gasteiger partial charge in [-0.2, -0.15) is 5.26 Å². The molecule has 3 aromatic rings. The summed E-state index contributed by atoms with van der Waals surface area (Å²) in [5, 5.41) is 21.8. The molecule has 0 spiro atoms. The predicted octanol–water partition coefficient (Wildman–Crippen LogP) is 7.21. The van der Waals surface area contributed by atoms with Gasteiger partial charge in [-0.15, -0.1) is 0 Å². The number of hydrogen-bond donors (Lipinski definition) is 0. The van der Waals surface area contributed by atoms with Gasteiger partial charge in [-0.25, -0.2) is 0 Å². The van der Waals surface area contributed by atoms with Gasteiger partial charge in [0.1, 0.15) is 11.8 Å². The van der Waals surface area contributed by atoms with Gasteiger partial charge >= 0.3 is 0 Å². The number of benzene rings is 3. The van der Waals surface area contributed by atoms with Crippen molar-refractivity contribution in [3.05, 3.63) is 102 Å². The fourth-order valence-electron chi connectivity index (χ4n) is 3.11. The number of carbonyl (C=O) groups is 1. The van der Waals surface area contributed by atoms with Crippen molar-refractivity contribution in [2.45, 2.75) is 18.4 Å². The van der Waals surface area contributed by atoms with Crippen LogP contribution in [0.5, 0.6) is 5.75 Å². The Bertz CT molecular complexity index is 1280. The van der Waals surface area contributed by atoms with E-state index in [0.29, 0.717) is 5.56 Å². The van der Waals surface area contributed by atoms with Crippen molar-refractivity contribution in [1.82, 2.24) is 0 Å². The van der Waals surface area contributed by atoms with Crippen LogP contribution < -0.4 is 4.74 Å². The highest BCUT2D eigenvalue weighted by Gasteiger charge is 2.43. The molecule has 0 fully saturated rings. The summed E-state index contributed by atoms with van der Waals surface area (Å²) in [6, 6.07) is 16.7. The summed E-state index contributed by atoms with van der Waals surface area (Å²) in [5.41, 5.74) is -1.56. The number of nitro benzene ring substituents is 1. The summed E-state index contributed by atoms with van der Waals surface area (Å²) in [6.07, 6.45) is -0.0396. The highest BCUT2D eigenvalue weighted by Crippen LogP contribution is 2.37. The van der Waals surface area contributed by atoms with E-state index in [2.05, 4.69) is 0 Å². The van der Waals surface area contributed by atoms with E-state index in [1.165, 1.54) is 42.5 Å². The highest BCUT2D eigenvalue weighted by atomic mass is 35.5. The predicted molar refractivity (Wildman–Crippen MR) is 127 cm³/mol. The summed E-state index contributed by atoms with van der Waals surface area (Å²) < 4.78 is 5.93. The lowest BCUT2D eigenvalue weighted by Gasteiger charge is -2.28. The molecule has 0 N–H and O–H groups in total. The third kappa shape index (κ3) is 5.40. The van der Waals surface area contributed by atoms with Crippen LogP contribution in [0.2, 0.25) is 20.1 Å². The fraction of sp³-hybridized carbons (Fsp3) is 0.130. The number of ketones is 1. The third-order valence-electron chi connectivity index (χ3n) is 4.84. The second-order valence-corrected chi connectivity index (χ2v) is 8.54. The molecule has 33 heavy (non-hydrogen) atoms. The molecule has 3 rings (SSSR count). The van der Waals surface area contributed by atoms with Gasteiger partial charge < -0.3 is 4.74 Å². The maximum atomic E-state index is 13.5. The number of hydrogen-bond acceptors (Lipinski definition) is 5. The molecule has 0 aliphatic heterocycles. The second kappa shape index (κ2) is 10.4. The normalized spacial score (nSPS) is 12.5. The zero-order valence-corrected chi connectivity index (χ0v) is 19.8. The minimum atomic E-state index is -2.08. The largest absolute Gasteiger partial charge is 0.459 e. The van der Waals surface area contributed by atoms with Gasteiger partial charge in [-0.3, -0.25) is 14.9 Å². The molecular weight excluding hydrogens is 510 g/mol. The van der Waals surface area contributed by atoms with Crippen LogP contribution in [0.1, 0.15) is 17.5 Å². The SMILES string of the molecule is N#CC(Oc1ccccc1Cl)(C(=O)CCc1ccc([N+](=O)[O-])cc1Cl)c1ccc(Cl)c(Cl)c1. The molecule has 0 saturated carbocycles. The zero-order valence-electron chi connectivity index (χ0n) is 16.7. The number of carbonyl (C=O) groups excluding carboxylic acids is 1. The molecule has 0 aliphatic rings. The van der Waals surface area contributed by atoms with E-state index < -0.39 is 16.3 Å². The van der Waals surface area contributed by atoms with Crippen LogP contribution in [-0.2, 0) is 16.8 Å². The van der Waals surface area contributed by atoms with Crippen LogP contribution in [-0.4, -0.2) is 10.7 Å². The van der Waals surface area contributed by atoms with Crippen LogP contribution in [0.25, 0.3) is 0 Å². The average molecular weight is 524 g/mol. The van der Waals surface area contributed by atoms with Gasteiger partial charge in [-0.05, 0) is 36.2 Å². The first-order valence-corrected chi connectivity index (χ1v) is 11.0. The number of para-hydroxylation sites is 1. The van der Waals surface area contributed by atoms with Crippen LogP contribution in [0.4, 0.5) is 5.69 Å². The van der Waals surface area contributed by atoms with Crippen molar-refractivity contribution in [2.24, 2.45) is 0 Å². The molecule has 0 aliphatic carbocycles. The minimum absolute atomic E-state index is 0.117. The molecule has 0 amide bonds. The van der Waals surface area contributed by atoms with Gasteiger partial charge in [0.25, 0.3) is 11.3 Å². The Labute approximate surface area is 209 Å². The zero-order chi connectivity index (χ0) is 24.2. The number of aryl methyl sites for hydroxylation is 1. The first-order chi connectivity index (χ1) is 15.7. The Morgan fingerprint density at radius 3 is 2.30 bits per heavy atom. The number of nitriles is 1. The van der Waals surface area contributed by atoms with Crippen molar-refractivity contribution in [2.75, 3.05) is 0 Å². The Kier molecular flexibility index (Phi) is 7.83. The van der Waals surface area contributed by atoms with Gasteiger partial charge in [-0.1, -0.05) is 70.7 Å². The number of Topliss-reactive ketones (excluding diaryl/α,β-unsaturated/α-hetero) is 1. The smallest absolute Gasteiger partial charge is 0.277 e. The lowest BCUT2D eigenvalue weighted by molar-refractivity contribution is -0.384. The van der Waals surface area contributed by atoms with E-state index in [9.17, 15) is 20.2 Å². The summed E-state index contributed by atoms with van der Waals surface area (Å²) in [6.45, 7) is 0. The van der Waals surface area contributed by atoms with Crippen LogP contribution in [0.15, 0.2) is 60.7 Å². The number of nitrogens with zero attached hydrogens (tertiary/aromatic N) is 2. The van der Waals surface area contributed by atoms with E-state index in [1.807, 2.05) is 6.07 Å². The van der Waals surface area contributed by atoms with Crippen molar-refractivity contribution >= 4 is 57.9 Å². The van der Waals surface area contributed by atoms with Gasteiger partial charge in [0, 0.05) is 24.1 Å². The van der Waals surface area contributed by atoms with Crippen molar-refractivity contribution in [3.8, 4) is 11.8 Å². The maximum Gasteiger partial charge on any atom is 0.277 e. The molecule has 1 unspecified atom stereocenters. The minimum Gasteiger partial charge on any atom is -0.459 e. The number of rotatable bonds is 8. The van der Waals surface area contributed by atoms with Crippen molar-refractivity contribution in [3.63, 3.8) is 0 Å². The molecular formula is C23H14Cl4N2O4. The molecule has 3 aromatic carbocycles. The molecule has 6 nitrogen and oxygen atoms in total. The van der Waals surface area contributed by atoms with Crippen LogP contribution in [0.3, 0.4) is 0 Å². The first kappa shape index (κ1) is 24.8. The standard InChI is InChI=1S/C23H14Cl4N2O4/c24-17-9-7-15(11-20(17)27)23(13-28,33-21-4-2-1-3-18(21)25)22(30)10-6-14-5-8-16(29(31)32)12-19(14)26/h1-5,7-9,11-12H,6,10H2. The van der Waals surface area contributed by atoms with Crippen LogP contribution in [0, 0.1) is 21.4 Å². The third-order valence-corrected chi connectivity index (χ3v) is 6.25. The maximum absolute atomic E-state index is 13.5. The molecule has 0 saturated heterocycles.